The summed E-state index contributed by atoms with van der Waals surface area (Å²) in [5.41, 5.74) is 2.02. The van der Waals surface area contributed by atoms with Crippen LogP contribution in [0.15, 0.2) is 42.6 Å². The summed E-state index contributed by atoms with van der Waals surface area (Å²) in [6.07, 6.45) is 3.19. The average Bonchev–Trinajstić information content (AvgIpc) is 3.29. The molecule has 3 heterocycles. The fraction of sp³-hybridized carbons (Fsp3) is 0.357. The number of rotatable bonds is 8. The molecule has 2 atom stereocenters. The van der Waals surface area contributed by atoms with Gasteiger partial charge in [0.2, 0.25) is 11.9 Å². The van der Waals surface area contributed by atoms with Gasteiger partial charge in [-0.05, 0) is 49.6 Å². The molecular formula is C28H28ClF2N5O4. The van der Waals surface area contributed by atoms with Gasteiger partial charge in [0.1, 0.15) is 17.7 Å². The van der Waals surface area contributed by atoms with E-state index in [9.17, 15) is 23.5 Å². The first-order valence-corrected chi connectivity index (χ1v) is 13.3. The lowest BCUT2D eigenvalue weighted by atomic mass is 10.0. The zero-order valence-electron chi connectivity index (χ0n) is 21.7. The number of ether oxygens (including phenoxy) is 1. The number of aliphatic hydroxyl groups excluding tert-OH is 1. The molecule has 12 heteroatoms. The topological polar surface area (TPSA) is 117 Å². The largest absolute Gasteiger partial charge is 0.394 e. The van der Waals surface area contributed by atoms with Crippen LogP contribution in [0.4, 0.5) is 14.7 Å². The van der Waals surface area contributed by atoms with Crippen molar-refractivity contribution in [2.24, 2.45) is 0 Å². The molecule has 2 aliphatic heterocycles. The van der Waals surface area contributed by atoms with Crippen LogP contribution in [-0.4, -0.2) is 63.7 Å². The molecule has 0 radical (unpaired) electrons. The second kappa shape index (κ2) is 11.8. The minimum absolute atomic E-state index is 0.176. The zero-order valence-corrected chi connectivity index (χ0v) is 22.4. The summed E-state index contributed by atoms with van der Waals surface area (Å²) >= 11 is 6.42. The van der Waals surface area contributed by atoms with Gasteiger partial charge in [-0.15, -0.1) is 0 Å². The van der Waals surface area contributed by atoms with Gasteiger partial charge in [-0.25, -0.2) is 18.7 Å². The van der Waals surface area contributed by atoms with Crippen LogP contribution in [0.25, 0.3) is 11.3 Å². The Hall–Kier alpha value is -3.67. The number of fused-ring (bicyclic) bond motifs is 1. The maximum Gasteiger partial charge on any atom is 0.255 e. The van der Waals surface area contributed by atoms with Gasteiger partial charge in [0.25, 0.3) is 5.91 Å². The Balaban J connectivity index is 1.31. The maximum atomic E-state index is 14.2. The normalized spacial score (nSPS) is 16.9. The summed E-state index contributed by atoms with van der Waals surface area (Å²) in [4.78, 5) is 36.6. The molecule has 0 saturated carbocycles. The summed E-state index contributed by atoms with van der Waals surface area (Å²) < 4.78 is 33.3. The van der Waals surface area contributed by atoms with Gasteiger partial charge < -0.3 is 25.4 Å². The first-order chi connectivity index (χ1) is 19.2. The third kappa shape index (κ3) is 5.77. The number of anilines is 1. The number of halogens is 3. The molecule has 1 saturated heterocycles. The number of carbonyl (C=O) groups is 2. The molecule has 0 bridgehead atoms. The molecule has 40 heavy (non-hydrogen) atoms. The van der Waals surface area contributed by atoms with Gasteiger partial charge in [0, 0.05) is 42.5 Å². The van der Waals surface area contributed by atoms with Gasteiger partial charge in [0.05, 0.1) is 29.6 Å². The van der Waals surface area contributed by atoms with Crippen LogP contribution in [-0.2, 0) is 16.1 Å². The summed E-state index contributed by atoms with van der Waals surface area (Å²) in [5.74, 6) is -2.03. The molecule has 3 N–H and O–H groups in total. The fourth-order valence-electron chi connectivity index (χ4n) is 4.88. The van der Waals surface area contributed by atoms with Gasteiger partial charge >= 0.3 is 0 Å². The molecular weight excluding hydrogens is 544 g/mol. The van der Waals surface area contributed by atoms with E-state index in [2.05, 4.69) is 20.6 Å². The van der Waals surface area contributed by atoms with Crippen LogP contribution in [0.2, 0.25) is 5.02 Å². The molecule has 2 amide bonds. The van der Waals surface area contributed by atoms with Crippen molar-refractivity contribution in [3.8, 4) is 11.3 Å². The van der Waals surface area contributed by atoms with Crippen LogP contribution in [0.5, 0.6) is 0 Å². The highest BCUT2D eigenvalue weighted by Crippen LogP contribution is 2.32. The average molecular weight is 572 g/mol. The number of amides is 2. The van der Waals surface area contributed by atoms with E-state index < -0.39 is 36.2 Å². The Labute approximate surface area is 234 Å². The number of aliphatic hydroxyl groups is 1. The monoisotopic (exact) mass is 571 g/mol. The third-order valence-electron chi connectivity index (χ3n) is 7.19. The van der Waals surface area contributed by atoms with E-state index in [4.69, 9.17) is 16.3 Å². The SMILES string of the molecule is C[C@H](C(=O)N[C@H](CO)c1cc(F)ccc1F)N1Cc2ccc(-c3nc(NC4CCOCC4)ncc3Cl)cc2C1=O. The molecule has 0 unspecified atom stereocenters. The van der Waals surface area contributed by atoms with E-state index in [0.29, 0.717) is 46.6 Å². The molecule has 1 aromatic heterocycles. The molecule has 2 aromatic carbocycles. The fourth-order valence-corrected chi connectivity index (χ4v) is 5.08. The molecule has 3 aromatic rings. The van der Waals surface area contributed by atoms with Crippen LogP contribution in [0, 0.1) is 11.6 Å². The van der Waals surface area contributed by atoms with E-state index in [-0.39, 0.29) is 24.1 Å². The van der Waals surface area contributed by atoms with E-state index >= 15 is 0 Å². The molecule has 210 valence electrons. The lowest BCUT2D eigenvalue weighted by Gasteiger charge is -2.26. The number of nitrogens with zero attached hydrogens (tertiary/aromatic N) is 3. The smallest absolute Gasteiger partial charge is 0.255 e. The Morgan fingerprint density at radius 3 is 2.75 bits per heavy atom. The molecule has 5 rings (SSSR count). The first kappa shape index (κ1) is 27.9. The minimum Gasteiger partial charge on any atom is -0.394 e. The number of hydrogen-bond donors (Lipinski definition) is 3. The highest BCUT2D eigenvalue weighted by Gasteiger charge is 2.35. The first-order valence-electron chi connectivity index (χ1n) is 12.9. The lowest BCUT2D eigenvalue weighted by molar-refractivity contribution is -0.126. The highest BCUT2D eigenvalue weighted by molar-refractivity contribution is 6.33. The van der Waals surface area contributed by atoms with E-state index in [1.165, 1.54) is 18.0 Å². The molecule has 9 nitrogen and oxygen atoms in total. The van der Waals surface area contributed by atoms with E-state index in [0.717, 1.165) is 31.0 Å². The lowest BCUT2D eigenvalue weighted by Crippen LogP contribution is -2.46. The van der Waals surface area contributed by atoms with Crippen molar-refractivity contribution in [1.82, 2.24) is 20.2 Å². The van der Waals surface area contributed by atoms with Crippen molar-refractivity contribution in [2.75, 3.05) is 25.1 Å². The third-order valence-corrected chi connectivity index (χ3v) is 7.47. The van der Waals surface area contributed by atoms with Crippen molar-refractivity contribution in [3.05, 3.63) is 75.9 Å². The molecule has 0 aliphatic carbocycles. The number of carbonyl (C=O) groups excluding carboxylic acids is 2. The van der Waals surface area contributed by atoms with Crippen LogP contribution < -0.4 is 10.6 Å². The standard InChI is InChI=1S/C28H28ClF2N5O4/c1-15(26(38)34-24(14-37)21-11-18(30)4-5-23(21)31)36-13-17-3-2-16(10-20(17)27(36)39)25-22(29)12-32-28(35-25)33-19-6-8-40-9-7-19/h2-5,10-12,15,19,24,37H,6-9,13-14H2,1H3,(H,34,38)(H,32,33,35)/t15-,24-/m1/s1. The van der Waals surface area contributed by atoms with Crippen molar-refractivity contribution >= 4 is 29.4 Å². The molecule has 1 fully saturated rings. The van der Waals surface area contributed by atoms with Gasteiger partial charge in [-0.3, -0.25) is 9.59 Å². The number of nitrogens with one attached hydrogen (secondary N) is 2. The minimum atomic E-state index is -1.18. The van der Waals surface area contributed by atoms with Crippen molar-refractivity contribution < 1.29 is 28.2 Å². The van der Waals surface area contributed by atoms with Crippen molar-refractivity contribution in [1.29, 1.82) is 0 Å². The number of aromatic nitrogens is 2. The van der Waals surface area contributed by atoms with E-state index in [1.807, 2.05) is 0 Å². The number of benzene rings is 2. The quantitative estimate of drug-likeness (QED) is 0.376. The predicted octanol–water partition coefficient (Wildman–Crippen LogP) is 3.86. The summed E-state index contributed by atoms with van der Waals surface area (Å²) in [6, 6.07) is 6.13. The van der Waals surface area contributed by atoms with Gasteiger partial charge in [0.15, 0.2) is 0 Å². The molecule has 2 aliphatic rings. The number of hydrogen-bond acceptors (Lipinski definition) is 7. The molecule has 0 spiro atoms. The Morgan fingerprint density at radius 1 is 1.23 bits per heavy atom. The summed E-state index contributed by atoms with van der Waals surface area (Å²) in [7, 11) is 0. The predicted molar refractivity (Wildman–Crippen MR) is 144 cm³/mol. The van der Waals surface area contributed by atoms with Crippen molar-refractivity contribution in [3.63, 3.8) is 0 Å². The summed E-state index contributed by atoms with van der Waals surface area (Å²) in [6.45, 7) is 2.39. The van der Waals surface area contributed by atoms with Crippen molar-refractivity contribution in [2.45, 2.75) is 44.4 Å². The summed E-state index contributed by atoms with van der Waals surface area (Å²) in [5, 5.41) is 15.9. The Kier molecular flexibility index (Phi) is 8.24. The van der Waals surface area contributed by atoms with E-state index in [1.54, 1.807) is 18.2 Å². The highest BCUT2D eigenvalue weighted by atomic mass is 35.5. The van der Waals surface area contributed by atoms with Gasteiger partial charge in [-0.1, -0.05) is 23.7 Å². The van der Waals surface area contributed by atoms with Crippen LogP contribution in [0.1, 0.15) is 47.3 Å². The Bertz CT molecular complexity index is 1440. The Morgan fingerprint density at radius 2 is 2.00 bits per heavy atom. The van der Waals surface area contributed by atoms with Gasteiger partial charge in [-0.2, -0.15) is 0 Å². The maximum absolute atomic E-state index is 14.2. The van der Waals surface area contributed by atoms with Crippen LogP contribution in [0.3, 0.4) is 0 Å². The zero-order chi connectivity index (χ0) is 28.4. The second-order valence-corrected chi connectivity index (χ2v) is 10.2. The second-order valence-electron chi connectivity index (χ2n) is 9.81. The van der Waals surface area contributed by atoms with Crippen LogP contribution >= 0.6 is 11.6 Å².